The summed E-state index contributed by atoms with van der Waals surface area (Å²) in [6, 6.07) is 17.2. The molecule has 3 aromatic rings. The van der Waals surface area contributed by atoms with E-state index in [9.17, 15) is 18.0 Å². The molecule has 0 bridgehead atoms. The molecule has 0 saturated carbocycles. The van der Waals surface area contributed by atoms with Gasteiger partial charge >= 0.3 is 5.97 Å². The standard InChI is InChI=1S/C25H24N2O7S/c1-16-3-8-20(9-4-16)27-35(30,31)21-10-5-18(6-11-21)25(29)32-14-24(28)26-17(2)19-7-12-22-23(13-19)34-15-33-22/h3-13,17,27H,14-15H2,1-2H3,(H,26,28). The Balaban J connectivity index is 1.30. The van der Waals surface area contributed by atoms with Crippen molar-refractivity contribution in [1.82, 2.24) is 5.32 Å². The highest BCUT2D eigenvalue weighted by atomic mass is 32.2. The predicted molar refractivity (Wildman–Crippen MR) is 128 cm³/mol. The number of benzene rings is 3. The number of hydrogen-bond donors (Lipinski definition) is 2. The Morgan fingerprint density at radius 3 is 2.37 bits per heavy atom. The summed E-state index contributed by atoms with van der Waals surface area (Å²) in [6.45, 7) is 3.37. The van der Waals surface area contributed by atoms with Crippen LogP contribution in [0.1, 0.15) is 34.5 Å². The molecule has 0 saturated heterocycles. The van der Waals surface area contributed by atoms with Gasteiger partial charge in [0.1, 0.15) is 0 Å². The lowest BCUT2D eigenvalue weighted by Gasteiger charge is -2.15. The monoisotopic (exact) mass is 496 g/mol. The van der Waals surface area contributed by atoms with E-state index in [4.69, 9.17) is 14.2 Å². The maximum atomic E-state index is 12.6. The third kappa shape index (κ3) is 5.90. The van der Waals surface area contributed by atoms with Crippen LogP contribution in [0.15, 0.2) is 71.6 Å². The first-order valence-corrected chi connectivity index (χ1v) is 12.3. The third-order valence-electron chi connectivity index (χ3n) is 5.31. The second-order valence-corrected chi connectivity index (χ2v) is 9.66. The number of carbonyl (C=O) groups is 2. The first-order valence-electron chi connectivity index (χ1n) is 10.8. The fourth-order valence-electron chi connectivity index (χ4n) is 3.37. The molecular weight excluding hydrogens is 472 g/mol. The van der Waals surface area contributed by atoms with Crippen molar-refractivity contribution in [2.75, 3.05) is 18.1 Å². The van der Waals surface area contributed by atoms with Crippen molar-refractivity contribution >= 4 is 27.6 Å². The molecule has 1 aliphatic heterocycles. The highest BCUT2D eigenvalue weighted by Crippen LogP contribution is 2.34. The summed E-state index contributed by atoms with van der Waals surface area (Å²) in [7, 11) is -3.82. The van der Waals surface area contributed by atoms with Crippen LogP contribution in [0.2, 0.25) is 0 Å². The van der Waals surface area contributed by atoms with Crippen LogP contribution in [0.5, 0.6) is 11.5 Å². The molecule has 10 heteroatoms. The molecular formula is C25H24N2O7S. The number of rotatable bonds is 8. The molecule has 0 aromatic heterocycles. The molecule has 1 heterocycles. The van der Waals surface area contributed by atoms with Crippen molar-refractivity contribution in [2.45, 2.75) is 24.8 Å². The summed E-state index contributed by atoms with van der Waals surface area (Å²) in [5.41, 5.74) is 2.37. The number of carbonyl (C=O) groups excluding carboxylic acids is 2. The van der Waals surface area contributed by atoms with Crippen LogP contribution in [0.25, 0.3) is 0 Å². The molecule has 0 radical (unpaired) electrons. The van der Waals surface area contributed by atoms with Crippen LogP contribution in [-0.4, -0.2) is 33.7 Å². The lowest BCUT2D eigenvalue weighted by atomic mass is 10.1. The van der Waals surface area contributed by atoms with Gasteiger partial charge in [-0.3, -0.25) is 9.52 Å². The molecule has 35 heavy (non-hydrogen) atoms. The van der Waals surface area contributed by atoms with E-state index in [-0.39, 0.29) is 23.3 Å². The van der Waals surface area contributed by atoms with Gasteiger partial charge in [0.15, 0.2) is 18.1 Å². The maximum Gasteiger partial charge on any atom is 0.338 e. The van der Waals surface area contributed by atoms with Crippen LogP contribution in [-0.2, 0) is 19.6 Å². The van der Waals surface area contributed by atoms with Gasteiger partial charge in [0.2, 0.25) is 6.79 Å². The summed E-state index contributed by atoms with van der Waals surface area (Å²) in [5, 5.41) is 2.75. The van der Waals surface area contributed by atoms with Crippen LogP contribution in [0.3, 0.4) is 0 Å². The number of aryl methyl sites for hydroxylation is 1. The largest absolute Gasteiger partial charge is 0.454 e. The Kier molecular flexibility index (Phi) is 6.92. The van der Waals surface area contributed by atoms with Crippen molar-refractivity contribution in [2.24, 2.45) is 0 Å². The van der Waals surface area contributed by atoms with E-state index in [0.29, 0.717) is 17.2 Å². The molecule has 1 aliphatic rings. The molecule has 4 rings (SSSR count). The van der Waals surface area contributed by atoms with Crippen molar-refractivity contribution < 1.29 is 32.2 Å². The van der Waals surface area contributed by atoms with E-state index < -0.39 is 28.5 Å². The molecule has 2 N–H and O–H groups in total. The molecule has 0 spiro atoms. The predicted octanol–water partition coefficient (Wildman–Crippen LogP) is 3.56. The summed E-state index contributed by atoms with van der Waals surface area (Å²) in [4.78, 5) is 24.6. The number of anilines is 1. The molecule has 1 unspecified atom stereocenters. The first-order chi connectivity index (χ1) is 16.7. The van der Waals surface area contributed by atoms with E-state index in [1.165, 1.54) is 24.3 Å². The molecule has 3 aromatic carbocycles. The number of amides is 1. The van der Waals surface area contributed by atoms with Gasteiger partial charge in [-0.05, 0) is 67.9 Å². The Morgan fingerprint density at radius 1 is 0.971 bits per heavy atom. The van der Waals surface area contributed by atoms with Gasteiger partial charge in [0, 0.05) is 5.69 Å². The first kappa shape index (κ1) is 24.1. The smallest absolute Gasteiger partial charge is 0.338 e. The third-order valence-corrected chi connectivity index (χ3v) is 6.71. The second-order valence-electron chi connectivity index (χ2n) is 7.97. The van der Waals surface area contributed by atoms with Gasteiger partial charge in [0.05, 0.1) is 16.5 Å². The van der Waals surface area contributed by atoms with Crippen molar-refractivity contribution in [1.29, 1.82) is 0 Å². The van der Waals surface area contributed by atoms with E-state index in [1.54, 1.807) is 43.3 Å². The van der Waals surface area contributed by atoms with Gasteiger partial charge in [-0.15, -0.1) is 0 Å². The summed E-state index contributed by atoms with van der Waals surface area (Å²) in [6.07, 6.45) is 0. The average Bonchev–Trinajstić information content (AvgIpc) is 3.32. The van der Waals surface area contributed by atoms with Crippen LogP contribution < -0.4 is 19.5 Å². The van der Waals surface area contributed by atoms with E-state index >= 15 is 0 Å². The van der Waals surface area contributed by atoms with Crippen LogP contribution in [0, 0.1) is 6.92 Å². The topological polar surface area (TPSA) is 120 Å². The lowest BCUT2D eigenvalue weighted by Crippen LogP contribution is -2.31. The van der Waals surface area contributed by atoms with Gasteiger partial charge in [0.25, 0.3) is 15.9 Å². The van der Waals surface area contributed by atoms with E-state index in [0.717, 1.165) is 11.1 Å². The average molecular weight is 497 g/mol. The number of hydrogen-bond acceptors (Lipinski definition) is 7. The number of sulfonamides is 1. The molecule has 182 valence electrons. The minimum atomic E-state index is -3.82. The highest BCUT2D eigenvalue weighted by molar-refractivity contribution is 7.92. The summed E-state index contributed by atoms with van der Waals surface area (Å²) >= 11 is 0. The zero-order valence-electron chi connectivity index (χ0n) is 19.1. The second kappa shape index (κ2) is 10.1. The number of nitrogens with one attached hydrogen (secondary N) is 2. The molecule has 1 amide bonds. The summed E-state index contributed by atoms with van der Waals surface area (Å²) < 4.78 is 43.3. The Morgan fingerprint density at radius 2 is 1.66 bits per heavy atom. The zero-order valence-corrected chi connectivity index (χ0v) is 19.9. The Bertz CT molecular complexity index is 1340. The molecule has 0 fully saturated rings. The molecule has 1 atom stereocenters. The van der Waals surface area contributed by atoms with E-state index in [2.05, 4.69) is 10.0 Å². The minimum Gasteiger partial charge on any atom is -0.454 e. The maximum absolute atomic E-state index is 12.6. The number of esters is 1. The quantitative estimate of drug-likeness (QED) is 0.458. The zero-order chi connectivity index (χ0) is 25.0. The number of fused-ring (bicyclic) bond motifs is 1. The van der Waals surface area contributed by atoms with Crippen molar-refractivity contribution in [3.63, 3.8) is 0 Å². The van der Waals surface area contributed by atoms with E-state index in [1.807, 2.05) is 13.0 Å². The van der Waals surface area contributed by atoms with Gasteiger partial charge in [-0.2, -0.15) is 0 Å². The Labute approximate surface area is 203 Å². The van der Waals surface area contributed by atoms with Gasteiger partial charge < -0.3 is 19.5 Å². The normalized spacial score (nSPS) is 13.1. The fraction of sp³-hybridized carbons (Fsp3) is 0.200. The highest BCUT2D eigenvalue weighted by Gasteiger charge is 2.19. The lowest BCUT2D eigenvalue weighted by molar-refractivity contribution is -0.124. The van der Waals surface area contributed by atoms with Gasteiger partial charge in [-0.25, -0.2) is 13.2 Å². The number of ether oxygens (including phenoxy) is 3. The van der Waals surface area contributed by atoms with Crippen molar-refractivity contribution in [3.8, 4) is 11.5 Å². The summed E-state index contributed by atoms with van der Waals surface area (Å²) in [5.74, 6) is 0.0249. The van der Waals surface area contributed by atoms with Gasteiger partial charge in [-0.1, -0.05) is 23.8 Å². The van der Waals surface area contributed by atoms with Crippen LogP contribution >= 0.6 is 0 Å². The molecule has 0 aliphatic carbocycles. The SMILES string of the molecule is Cc1ccc(NS(=O)(=O)c2ccc(C(=O)OCC(=O)NC(C)c3ccc4c(c3)OCO4)cc2)cc1. The minimum absolute atomic E-state index is 0.00933. The van der Waals surface area contributed by atoms with Crippen LogP contribution in [0.4, 0.5) is 5.69 Å². The molecule has 9 nitrogen and oxygen atoms in total. The Hall–Kier alpha value is -4.05. The van der Waals surface area contributed by atoms with Crippen molar-refractivity contribution in [3.05, 3.63) is 83.4 Å². The fourth-order valence-corrected chi connectivity index (χ4v) is 4.43.